The Bertz CT molecular complexity index is 2880. The Morgan fingerprint density at radius 1 is 1.03 bits per heavy atom. The van der Waals surface area contributed by atoms with Gasteiger partial charge in [0.05, 0.1) is 27.6 Å². The lowest BCUT2D eigenvalue weighted by Crippen LogP contribution is -2.47. The molecule has 2 aliphatic heterocycles. The molecule has 1 aliphatic carbocycles. The van der Waals surface area contributed by atoms with E-state index in [1.807, 2.05) is 30.3 Å². The highest BCUT2D eigenvalue weighted by Crippen LogP contribution is 2.44. The predicted molar refractivity (Wildman–Crippen MR) is 246 cm³/mol. The van der Waals surface area contributed by atoms with E-state index in [1.54, 1.807) is 36.7 Å². The molecule has 5 heterocycles. The van der Waals surface area contributed by atoms with Crippen molar-refractivity contribution in [3.8, 4) is 17.2 Å². The van der Waals surface area contributed by atoms with Gasteiger partial charge in [0.1, 0.15) is 23.8 Å². The van der Waals surface area contributed by atoms with Crippen LogP contribution in [0.1, 0.15) is 54.7 Å². The number of aromatic nitrogens is 3. The predicted octanol–water partition coefficient (Wildman–Crippen LogP) is 8.63. The number of ether oxygens (including phenoxy) is 2. The second-order valence-electron chi connectivity index (χ2n) is 17.2. The summed E-state index contributed by atoms with van der Waals surface area (Å²) < 4.78 is 42.1. The van der Waals surface area contributed by atoms with Gasteiger partial charge in [0.25, 0.3) is 21.6 Å². The number of halogens is 1. The smallest absolute Gasteiger partial charge is 0.297 e. The van der Waals surface area contributed by atoms with Crippen LogP contribution in [0, 0.1) is 15.5 Å². The van der Waals surface area contributed by atoms with Crippen LogP contribution in [0.3, 0.4) is 0 Å². The summed E-state index contributed by atoms with van der Waals surface area (Å²) in [5.41, 5.74) is 5.97. The first-order chi connectivity index (χ1) is 30.8. The number of nitrogens with zero attached hydrogens (tertiary/aromatic N) is 5. The zero-order chi connectivity index (χ0) is 44.6. The topological polar surface area (TPSA) is 185 Å². The standard InChI is InChI=1S/C47H47ClN8O7S/c1-47(2)14-12-39(30-6-8-33(48)9-7-30)32(26-47)28-54-17-19-55(20-18-54)36-10-11-40(42(23-36)63-37-21-31-13-16-50-45(31)51-27-37)46(57)53-64(60,61)38-24-41(56(58)59)44-43(25-38)62-29-35(52-44)22-34-5-3-4-15-49-34/h3-11,13,15-16,21,23-25,27,35,52H,12,14,17-20,22,26,28-29H2,1-2H3,(H,50,51)(H,53,57)/t35-/m0/s1. The number of hydrogen-bond acceptors (Lipinski definition) is 12. The summed E-state index contributed by atoms with van der Waals surface area (Å²) in [4.78, 5) is 41.6. The number of nitrogens with one attached hydrogen (secondary N) is 3. The summed E-state index contributed by atoms with van der Waals surface area (Å²) in [5, 5.41) is 16.9. The van der Waals surface area contributed by atoms with Gasteiger partial charge in [0.2, 0.25) is 0 Å². The van der Waals surface area contributed by atoms with E-state index >= 15 is 0 Å². The number of fused-ring (bicyclic) bond motifs is 2. The van der Waals surface area contributed by atoms with Crippen molar-refractivity contribution in [2.24, 2.45) is 5.41 Å². The Hall–Kier alpha value is -6.49. The van der Waals surface area contributed by atoms with Crippen molar-refractivity contribution in [1.82, 2.24) is 24.6 Å². The lowest BCUT2D eigenvalue weighted by atomic mass is 9.73. The number of nitro benzene ring substituents is 1. The number of H-pyrrole nitrogens is 1. The number of anilines is 2. The zero-order valence-electron chi connectivity index (χ0n) is 35.3. The Kier molecular flexibility index (Phi) is 11.8. The number of piperazine rings is 1. The van der Waals surface area contributed by atoms with Gasteiger partial charge in [-0.1, -0.05) is 49.2 Å². The Labute approximate surface area is 375 Å². The molecule has 6 aromatic rings. The lowest BCUT2D eigenvalue weighted by molar-refractivity contribution is -0.384. The third-order valence-electron chi connectivity index (χ3n) is 12.1. The van der Waals surface area contributed by atoms with Gasteiger partial charge >= 0.3 is 0 Å². The molecule has 64 heavy (non-hydrogen) atoms. The maximum Gasteiger partial charge on any atom is 0.297 e. The number of amides is 1. The zero-order valence-corrected chi connectivity index (χ0v) is 36.9. The van der Waals surface area contributed by atoms with Crippen LogP contribution in [-0.2, 0) is 16.4 Å². The van der Waals surface area contributed by atoms with Gasteiger partial charge < -0.3 is 24.7 Å². The highest BCUT2D eigenvalue weighted by molar-refractivity contribution is 7.90. The van der Waals surface area contributed by atoms with E-state index in [2.05, 4.69) is 60.8 Å². The molecule has 0 radical (unpaired) electrons. The van der Waals surface area contributed by atoms with Crippen molar-refractivity contribution in [1.29, 1.82) is 0 Å². The van der Waals surface area contributed by atoms with Crippen molar-refractivity contribution in [2.45, 2.75) is 50.5 Å². The van der Waals surface area contributed by atoms with Crippen LogP contribution in [0.15, 0.2) is 114 Å². The van der Waals surface area contributed by atoms with Gasteiger partial charge in [-0.05, 0) is 84.3 Å². The summed E-state index contributed by atoms with van der Waals surface area (Å²) in [6.45, 7) is 8.67. The van der Waals surface area contributed by atoms with Crippen molar-refractivity contribution in [3.63, 3.8) is 0 Å². The minimum atomic E-state index is -4.67. The number of aromatic amines is 1. The number of benzene rings is 3. The van der Waals surface area contributed by atoms with E-state index < -0.39 is 31.4 Å². The molecule has 1 atom stereocenters. The molecule has 3 N–H and O–H groups in total. The summed E-state index contributed by atoms with van der Waals surface area (Å²) >= 11 is 6.23. The van der Waals surface area contributed by atoms with Crippen molar-refractivity contribution in [2.75, 3.05) is 49.5 Å². The normalized spacial score (nSPS) is 17.6. The maximum absolute atomic E-state index is 14.0. The second-order valence-corrected chi connectivity index (χ2v) is 19.4. The molecule has 1 fully saturated rings. The van der Waals surface area contributed by atoms with E-state index in [9.17, 15) is 23.3 Å². The average molecular weight is 903 g/mol. The molecule has 0 saturated carbocycles. The second kappa shape index (κ2) is 17.6. The van der Waals surface area contributed by atoms with Gasteiger partial charge in [-0.2, -0.15) is 0 Å². The number of sulfonamides is 1. The SMILES string of the molecule is CC1(C)CCC(c2ccc(Cl)cc2)=C(CN2CCN(c3ccc(C(=O)NS(=O)(=O)c4cc5c(c([N+](=O)[O-])c4)N[C@@H](Cc4ccccn4)CO5)c(Oc4cnc5[nH]ccc5c4)c3)CC2)C1. The summed E-state index contributed by atoms with van der Waals surface area (Å²) in [7, 11) is -4.67. The fraction of sp³-hybridized carbons (Fsp3) is 0.298. The molecular weight excluding hydrogens is 856 g/mol. The first-order valence-electron chi connectivity index (χ1n) is 21.1. The van der Waals surface area contributed by atoms with Gasteiger partial charge in [0.15, 0.2) is 11.4 Å². The molecule has 3 aromatic carbocycles. The quantitative estimate of drug-likeness (QED) is 0.0786. The molecule has 3 aliphatic rings. The van der Waals surface area contributed by atoms with Gasteiger partial charge in [-0.15, -0.1) is 0 Å². The van der Waals surface area contributed by atoms with Crippen molar-refractivity contribution < 1.29 is 27.6 Å². The molecule has 3 aromatic heterocycles. The van der Waals surface area contributed by atoms with Crippen LogP contribution in [0.2, 0.25) is 5.02 Å². The molecule has 15 nitrogen and oxygen atoms in total. The molecule has 1 amide bonds. The fourth-order valence-electron chi connectivity index (χ4n) is 8.77. The Morgan fingerprint density at radius 3 is 2.61 bits per heavy atom. The fourth-order valence-corrected chi connectivity index (χ4v) is 9.89. The molecule has 17 heteroatoms. The van der Waals surface area contributed by atoms with E-state index in [1.165, 1.54) is 35.0 Å². The average Bonchev–Trinajstić information content (AvgIpc) is 3.75. The van der Waals surface area contributed by atoms with Crippen LogP contribution in [-0.4, -0.2) is 84.5 Å². The van der Waals surface area contributed by atoms with E-state index in [0.717, 1.165) is 66.8 Å². The number of nitro groups is 1. The largest absolute Gasteiger partial charge is 0.489 e. The molecule has 0 spiro atoms. The van der Waals surface area contributed by atoms with Crippen molar-refractivity contribution >= 4 is 61.2 Å². The highest BCUT2D eigenvalue weighted by atomic mass is 35.5. The van der Waals surface area contributed by atoms with Gasteiger partial charge in [0, 0.05) is 91.5 Å². The Balaban J connectivity index is 0.947. The molecule has 0 bridgehead atoms. The summed E-state index contributed by atoms with van der Waals surface area (Å²) in [6, 6.07) is 24.0. The number of rotatable bonds is 12. The third-order valence-corrected chi connectivity index (χ3v) is 13.6. The monoisotopic (exact) mass is 902 g/mol. The minimum Gasteiger partial charge on any atom is -0.489 e. The summed E-state index contributed by atoms with van der Waals surface area (Å²) in [6.07, 6.45) is 8.52. The van der Waals surface area contributed by atoms with Crippen LogP contribution >= 0.6 is 11.6 Å². The van der Waals surface area contributed by atoms with Crippen LogP contribution in [0.5, 0.6) is 17.2 Å². The number of carbonyl (C=O) groups is 1. The molecular formula is C47H47ClN8O7S. The number of allylic oxidation sites excluding steroid dienone is 1. The number of pyridine rings is 2. The maximum atomic E-state index is 14.0. The minimum absolute atomic E-state index is 0.0262. The molecule has 330 valence electrons. The molecule has 0 unspecified atom stereocenters. The van der Waals surface area contributed by atoms with Crippen molar-refractivity contribution in [3.05, 3.63) is 141 Å². The van der Waals surface area contributed by atoms with E-state index in [4.69, 9.17) is 21.1 Å². The Morgan fingerprint density at radius 2 is 1.84 bits per heavy atom. The van der Waals surface area contributed by atoms with Crippen LogP contribution in [0.25, 0.3) is 16.6 Å². The number of carbonyl (C=O) groups excluding carboxylic acids is 1. The van der Waals surface area contributed by atoms with Crippen LogP contribution < -0.4 is 24.4 Å². The molecule has 9 rings (SSSR count). The third kappa shape index (κ3) is 9.39. The lowest BCUT2D eigenvalue weighted by Gasteiger charge is -2.39. The number of hydrogen-bond donors (Lipinski definition) is 3. The highest BCUT2D eigenvalue weighted by Gasteiger charge is 2.33. The van der Waals surface area contributed by atoms with E-state index in [0.29, 0.717) is 30.9 Å². The first-order valence-corrected chi connectivity index (χ1v) is 23.0. The molecule has 1 saturated heterocycles. The first kappa shape index (κ1) is 42.8. The van der Waals surface area contributed by atoms with E-state index in [-0.39, 0.29) is 40.8 Å². The van der Waals surface area contributed by atoms with Gasteiger partial charge in [-0.3, -0.25) is 24.8 Å². The van der Waals surface area contributed by atoms with Gasteiger partial charge in [-0.25, -0.2) is 18.1 Å². The van der Waals surface area contributed by atoms with Crippen LogP contribution in [0.4, 0.5) is 17.1 Å². The summed E-state index contributed by atoms with van der Waals surface area (Å²) in [5.74, 6) is -0.573.